The lowest BCUT2D eigenvalue weighted by atomic mass is 9.71. The van der Waals surface area contributed by atoms with Gasteiger partial charge in [-0.25, -0.2) is 0 Å². The highest BCUT2D eigenvalue weighted by Crippen LogP contribution is 2.37. The normalized spacial score (nSPS) is 26.3. The summed E-state index contributed by atoms with van der Waals surface area (Å²) in [4.78, 5) is 0. The van der Waals surface area contributed by atoms with Crippen molar-refractivity contribution >= 4 is 10.9 Å². The Bertz CT molecular complexity index is 602. The Kier molecular flexibility index (Phi) is 4.29. The van der Waals surface area contributed by atoms with E-state index in [4.69, 9.17) is 10.8 Å². The summed E-state index contributed by atoms with van der Waals surface area (Å²) in [6, 6.07) is 8.56. The number of hydrogen-bond donors (Lipinski definition) is 1. The zero-order chi connectivity index (χ0) is 14.8. The van der Waals surface area contributed by atoms with Gasteiger partial charge in [0.15, 0.2) is 0 Å². The fourth-order valence-corrected chi connectivity index (χ4v) is 4.04. The second-order valence-corrected chi connectivity index (χ2v) is 6.63. The molecule has 0 spiro atoms. The number of rotatable bonds is 4. The van der Waals surface area contributed by atoms with Crippen molar-refractivity contribution in [3.05, 3.63) is 30.0 Å². The van der Waals surface area contributed by atoms with Crippen LogP contribution in [0.15, 0.2) is 24.3 Å². The summed E-state index contributed by atoms with van der Waals surface area (Å²) >= 11 is 0. The van der Waals surface area contributed by atoms with Crippen LogP contribution in [0.3, 0.4) is 0 Å². The summed E-state index contributed by atoms with van der Waals surface area (Å²) < 4.78 is 2.02. The molecule has 1 saturated carbocycles. The van der Waals surface area contributed by atoms with Crippen molar-refractivity contribution in [2.75, 3.05) is 6.54 Å². The molecule has 0 aliphatic heterocycles. The molecule has 1 aromatic carbocycles. The first-order chi connectivity index (χ1) is 10.2. The van der Waals surface area contributed by atoms with Crippen molar-refractivity contribution in [1.29, 1.82) is 0 Å². The second-order valence-electron chi connectivity index (χ2n) is 6.63. The third kappa shape index (κ3) is 2.84. The van der Waals surface area contributed by atoms with Crippen LogP contribution >= 0.6 is 0 Å². The summed E-state index contributed by atoms with van der Waals surface area (Å²) in [6.07, 6.45) is 6.36. The lowest BCUT2D eigenvalue weighted by Gasteiger charge is -2.35. The Morgan fingerprint density at radius 3 is 2.81 bits per heavy atom. The molecule has 1 aromatic heterocycles. The highest BCUT2D eigenvalue weighted by Gasteiger charge is 2.30. The molecule has 1 aliphatic rings. The van der Waals surface area contributed by atoms with Crippen molar-refractivity contribution in [3.63, 3.8) is 0 Å². The predicted molar refractivity (Wildman–Crippen MR) is 88.1 cm³/mol. The molecule has 1 heterocycles. The highest BCUT2D eigenvalue weighted by molar-refractivity contribution is 5.81. The van der Waals surface area contributed by atoms with Gasteiger partial charge >= 0.3 is 0 Å². The molecule has 0 amide bonds. The fraction of sp³-hybridized carbons (Fsp3) is 0.611. The average molecular weight is 285 g/mol. The smallest absolute Gasteiger partial charge is 0.0706 e. The number of fused-ring (bicyclic) bond motifs is 1. The number of nitrogens with zero attached hydrogens (tertiary/aromatic N) is 2. The van der Waals surface area contributed by atoms with Crippen LogP contribution in [0.1, 0.15) is 38.3 Å². The van der Waals surface area contributed by atoms with Gasteiger partial charge < -0.3 is 5.73 Å². The van der Waals surface area contributed by atoms with E-state index in [1.165, 1.54) is 42.3 Å². The van der Waals surface area contributed by atoms with Gasteiger partial charge in [-0.1, -0.05) is 38.0 Å². The van der Waals surface area contributed by atoms with Crippen LogP contribution in [0.2, 0.25) is 0 Å². The Labute approximate surface area is 127 Å². The van der Waals surface area contributed by atoms with Gasteiger partial charge in [-0.15, -0.1) is 0 Å². The van der Waals surface area contributed by atoms with Crippen LogP contribution < -0.4 is 5.73 Å². The molecule has 1 fully saturated rings. The summed E-state index contributed by atoms with van der Waals surface area (Å²) in [5, 5.41) is 6.09. The maximum absolute atomic E-state index is 6.03. The van der Waals surface area contributed by atoms with E-state index >= 15 is 0 Å². The first-order valence-corrected chi connectivity index (χ1v) is 8.33. The molecule has 3 unspecified atom stereocenters. The van der Waals surface area contributed by atoms with Crippen LogP contribution in [0.4, 0.5) is 0 Å². The lowest BCUT2D eigenvalue weighted by molar-refractivity contribution is 0.179. The topological polar surface area (TPSA) is 43.8 Å². The van der Waals surface area contributed by atoms with Crippen LogP contribution in [-0.4, -0.2) is 16.3 Å². The number of hydrogen-bond acceptors (Lipinski definition) is 2. The third-order valence-corrected chi connectivity index (χ3v) is 5.42. The standard InChI is InChI=1S/C18H27N3/c1-3-13-8-9-14(12-19)15(10-13)11-17-16-6-4-5-7-18(16)21(2)20-17/h4-7,13-15H,3,8-12,19H2,1-2H3. The molecule has 2 aromatic rings. The molecule has 0 bridgehead atoms. The molecule has 114 valence electrons. The number of benzene rings is 1. The van der Waals surface area contributed by atoms with Gasteiger partial charge in [0, 0.05) is 12.4 Å². The number of para-hydroxylation sites is 1. The summed E-state index contributed by atoms with van der Waals surface area (Å²) in [6.45, 7) is 3.15. The molecule has 3 rings (SSSR count). The van der Waals surface area contributed by atoms with E-state index in [9.17, 15) is 0 Å². The zero-order valence-electron chi connectivity index (χ0n) is 13.3. The van der Waals surface area contributed by atoms with E-state index < -0.39 is 0 Å². The molecule has 0 radical (unpaired) electrons. The van der Waals surface area contributed by atoms with Crippen LogP contribution in [0.5, 0.6) is 0 Å². The maximum atomic E-state index is 6.03. The van der Waals surface area contributed by atoms with Gasteiger partial charge in [0.05, 0.1) is 11.2 Å². The number of aromatic nitrogens is 2. The fourth-order valence-electron chi connectivity index (χ4n) is 4.04. The van der Waals surface area contributed by atoms with E-state index in [1.807, 2.05) is 11.7 Å². The minimum atomic E-state index is 0.675. The van der Waals surface area contributed by atoms with E-state index in [1.54, 1.807) is 0 Å². The first-order valence-electron chi connectivity index (χ1n) is 8.33. The van der Waals surface area contributed by atoms with Gasteiger partial charge in [0.1, 0.15) is 0 Å². The minimum Gasteiger partial charge on any atom is -0.330 e. The molecule has 21 heavy (non-hydrogen) atoms. The summed E-state index contributed by atoms with van der Waals surface area (Å²) in [5.41, 5.74) is 8.52. The number of aryl methyl sites for hydroxylation is 1. The molecule has 3 heteroatoms. The van der Waals surface area contributed by atoms with Crippen LogP contribution in [0.25, 0.3) is 10.9 Å². The summed E-state index contributed by atoms with van der Waals surface area (Å²) in [5.74, 6) is 2.26. The van der Waals surface area contributed by atoms with Gasteiger partial charge in [-0.2, -0.15) is 5.10 Å². The Morgan fingerprint density at radius 2 is 2.05 bits per heavy atom. The largest absolute Gasteiger partial charge is 0.330 e. The first kappa shape index (κ1) is 14.6. The molecule has 3 atom stereocenters. The van der Waals surface area contributed by atoms with Crippen LogP contribution in [-0.2, 0) is 13.5 Å². The Balaban J connectivity index is 1.85. The van der Waals surface area contributed by atoms with Crippen molar-refractivity contribution < 1.29 is 0 Å². The van der Waals surface area contributed by atoms with Crippen molar-refractivity contribution in [2.45, 2.75) is 39.0 Å². The van der Waals surface area contributed by atoms with Gasteiger partial charge in [-0.3, -0.25) is 4.68 Å². The van der Waals surface area contributed by atoms with E-state index in [0.29, 0.717) is 11.8 Å². The lowest BCUT2D eigenvalue weighted by Crippen LogP contribution is -2.31. The zero-order valence-corrected chi connectivity index (χ0v) is 13.3. The molecular formula is C18H27N3. The second kappa shape index (κ2) is 6.18. The Hall–Kier alpha value is -1.35. The molecule has 3 nitrogen and oxygen atoms in total. The monoisotopic (exact) mass is 285 g/mol. The van der Waals surface area contributed by atoms with Gasteiger partial charge in [-0.05, 0) is 49.6 Å². The van der Waals surface area contributed by atoms with Crippen LogP contribution in [0, 0.1) is 17.8 Å². The average Bonchev–Trinajstić information content (AvgIpc) is 2.84. The van der Waals surface area contributed by atoms with E-state index in [2.05, 4.69) is 31.2 Å². The summed E-state index contributed by atoms with van der Waals surface area (Å²) in [7, 11) is 2.04. The minimum absolute atomic E-state index is 0.675. The molecule has 0 saturated heterocycles. The SMILES string of the molecule is CCC1CCC(CN)C(Cc2nn(C)c3ccccc23)C1. The highest BCUT2D eigenvalue weighted by atomic mass is 15.3. The maximum Gasteiger partial charge on any atom is 0.0706 e. The van der Waals surface area contributed by atoms with Crippen molar-refractivity contribution in [1.82, 2.24) is 9.78 Å². The third-order valence-electron chi connectivity index (χ3n) is 5.42. The van der Waals surface area contributed by atoms with E-state index in [0.717, 1.165) is 18.9 Å². The molecular weight excluding hydrogens is 258 g/mol. The molecule has 1 aliphatic carbocycles. The van der Waals surface area contributed by atoms with Gasteiger partial charge in [0.25, 0.3) is 0 Å². The van der Waals surface area contributed by atoms with Crippen molar-refractivity contribution in [3.8, 4) is 0 Å². The Morgan fingerprint density at radius 1 is 1.24 bits per heavy atom. The predicted octanol–water partition coefficient (Wildman–Crippen LogP) is 3.52. The quantitative estimate of drug-likeness (QED) is 0.934. The van der Waals surface area contributed by atoms with E-state index in [-0.39, 0.29) is 0 Å². The number of nitrogens with two attached hydrogens (primary N) is 1. The molecule has 2 N–H and O–H groups in total. The van der Waals surface area contributed by atoms with Gasteiger partial charge in [0.2, 0.25) is 0 Å². The van der Waals surface area contributed by atoms with Crippen molar-refractivity contribution in [2.24, 2.45) is 30.5 Å².